The molecule has 0 saturated heterocycles. The van der Waals surface area contributed by atoms with Crippen LogP contribution in [0.15, 0.2) is 34.7 Å². The van der Waals surface area contributed by atoms with E-state index in [9.17, 15) is 15.0 Å². The van der Waals surface area contributed by atoms with Crippen LogP contribution in [0.4, 0.5) is 0 Å². The normalized spacial score (nSPS) is 36.0. The highest BCUT2D eigenvalue weighted by atomic mass is 16.4. The molecule has 132 valence electrons. The fraction of sp³-hybridized carbons (Fsp3) is 0.650. The molecular formula is C20H28O4. The Bertz CT molecular complexity index is 618. The molecule has 1 fully saturated rings. The number of carbonyl (C=O) groups is 1. The van der Waals surface area contributed by atoms with Crippen LogP contribution < -0.4 is 0 Å². The Balaban J connectivity index is 1.93. The van der Waals surface area contributed by atoms with Crippen molar-refractivity contribution in [2.24, 2.45) is 22.7 Å². The summed E-state index contributed by atoms with van der Waals surface area (Å²) in [5.74, 6) is -0.135. The Hall–Kier alpha value is -1.55. The van der Waals surface area contributed by atoms with Crippen LogP contribution in [0, 0.1) is 22.7 Å². The minimum absolute atomic E-state index is 0.0210. The van der Waals surface area contributed by atoms with E-state index in [2.05, 4.69) is 13.8 Å². The number of allylic oxidation sites excluding steroid dienone is 1. The van der Waals surface area contributed by atoms with Gasteiger partial charge in [0.1, 0.15) is 0 Å². The molecule has 0 amide bonds. The van der Waals surface area contributed by atoms with Crippen molar-refractivity contribution in [1.82, 2.24) is 0 Å². The quantitative estimate of drug-likeness (QED) is 0.853. The van der Waals surface area contributed by atoms with E-state index in [1.165, 1.54) is 5.56 Å². The summed E-state index contributed by atoms with van der Waals surface area (Å²) in [5, 5.41) is 19.9. The SMILES string of the molecule is CC1CC[C@@]2(CO)C(C(=O)O)=CCC[C@@H]2[C@@]1(C)CCc1ccoc1. The van der Waals surface area contributed by atoms with E-state index < -0.39 is 11.4 Å². The molecule has 0 aromatic carbocycles. The number of carboxylic acids is 1. The van der Waals surface area contributed by atoms with Crippen LogP contribution in [0.2, 0.25) is 0 Å². The molecule has 0 bridgehead atoms. The van der Waals surface area contributed by atoms with Crippen molar-refractivity contribution < 1.29 is 19.4 Å². The number of carboxylic acid groups (broad SMARTS) is 1. The van der Waals surface area contributed by atoms with Gasteiger partial charge in [0.25, 0.3) is 0 Å². The van der Waals surface area contributed by atoms with Gasteiger partial charge in [-0.3, -0.25) is 0 Å². The summed E-state index contributed by atoms with van der Waals surface area (Å²) in [4.78, 5) is 11.8. The number of hydrogen-bond donors (Lipinski definition) is 2. The molecule has 1 saturated carbocycles. The lowest BCUT2D eigenvalue weighted by Crippen LogP contribution is -2.54. The fourth-order valence-corrected chi connectivity index (χ4v) is 5.32. The largest absolute Gasteiger partial charge is 0.478 e. The van der Waals surface area contributed by atoms with E-state index in [0.29, 0.717) is 11.5 Å². The summed E-state index contributed by atoms with van der Waals surface area (Å²) in [5.41, 5.74) is 1.07. The molecule has 1 aromatic rings. The summed E-state index contributed by atoms with van der Waals surface area (Å²) in [7, 11) is 0. The van der Waals surface area contributed by atoms with Crippen molar-refractivity contribution in [2.45, 2.75) is 52.4 Å². The number of fused-ring (bicyclic) bond motifs is 1. The first-order chi connectivity index (χ1) is 11.4. The van der Waals surface area contributed by atoms with Gasteiger partial charge >= 0.3 is 5.97 Å². The van der Waals surface area contributed by atoms with Crippen LogP contribution in [0.1, 0.15) is 51.5 Å². The van der Waals surface area contributed by atoms with Crippen molar-refractivity contribution in [1.29, 1.82) is 0 Å². The van der Waals surface area contributed by atoms with Crippen LogP contribution in [0.5, 0.6) is 0 Å². The van der Waals surface area contributed by atoms with Crippen LogP contribution in [-0.4, -0.2) is 22.8 Å². The number of hydrogen-bond acceptors (Lipinski definition) is 3. The molecule has 1 aromatic heterocycles. The highest BCUT2D eigenvalue weighted by molar-refractivity contribution is 5.88. The molecule has 1 unspecified atom stereocenters. The average molecular weight is 332 g/mol. The number of aliphatic hydroxyl groups is 1. The highest BCUT2D eigenvalue weighted by Gasteiger charge is 2.57. The Kier molecular flexibility index (Phi) is 4.60. The lowest BCUT2D eigenvalue weighted by molar-refractivity contribution is -0.139. The molecule has 4 nitrogen and oxygen atoms in total. The third-order valence-corrected chi connectivity index (χ3v) is 7.00. The first kappa shape index (κ1) is 17.3. The lowest BCUT2D eigenvalue weighted by Gasteiger charge is -2.58. The first-order valence-corrected chi connectivity index (χ1v) is 9.00. The predicted octanol–water partition coefficient (Wildman–Crippen LogP) is 4.05. The van der Waals surface area contributed by atoms with Crippen LogP contribution in [-0.2, 0) is 11.2 Å². The maximum absolute atomic E-state index is 11.8. The monoisotopic (exact) mass is 332 g/mol. The van der Waals surface area contributed by atoms with E-state index in [-0.39, 0.29) is 17.9 Å². The second-order valence-corrected chi connectivity index (χ2v) is 7.94. The average Bonchev–Trinajstić information content (AvgIpc) is 3.09. The third kappa shape index (κ3) is 2.61. The van der Waals surface area contributed by atoms with E-state index in [0.717, 1.165) is 38.5 Å². The summed E-state index contributed by atoms with van der Waals surface area (Å²) >= 11 is 0. The van der Waals surface area contributed by atoms with Gasteiger partial charge < -0.3 is 14.6 Å². The number of rotatable bonds is 5. The molecule has 4 heteroatoms. The summed E-state index contributed by atoms with van der Waals surface area (Å²) in [6.07, 6.45) is 10.8. The third-order valence-electron chi connectivity index (χ3n) is 7.00. The maximum atomic E-state index is 11.8. The molecule has 2 aliphatic rings. The van der Waals surface area contributed by atoms with Crippen molar-refractivity contribution in [3.63, 3.8) is 0 Å². The zero-order chi connectivity index (χ0) is 17.4. The van der Waals surface area contributed by atoms with Crippen molar-refractivity contribution >= 4 is 5.97 Å². The maximum Gasteiger partial charge on any atom is 0.331 e. The molecule has 24 heavy (non-hydrogen) atoms. The molecular weight excluding hydrogens is 304 g/mol. The van der Waals surface area contributed by atoms with Gasteiger partial charge in [0.05, 0.1) is 19.1 Å². The number of furan rings is 1. The Morgan fingerprint density at radius 3 is 2.83 bits per heavy atom. The van der Waals surface area contributed by atoms with Gasteiger partial charge in [-0.1, -0.05) is 19.9 Å². The Morgan fingerprint density at radius 2 is 2.21 bits per heavy atom. The minimum Gasteiger partial charge on any atom is -0.478 e. The minimum atomic E-state index is -0.861. The van der Waals surface area contributed by atoms with E-state index >= 15 is 0 Å². The van der Waals surface area contributed by atoms with E-state index in [1.807, 2.05) is 12.1 Å². The van der Waals surface area contributed by atoms with Gasteiger partial charge in [-0.15, -0.1) is 0 Å². The number of aryl methyl sites for hydroxylation is 1. The second kappa shape index (κ2) is 6.40. The van der Waals surface area contributed by atoms with Crippen molar-refractivity contribution in [3.05, 3.63) is 35.8 Å². The zero-order valence-corrected chi connectivity index (χ0v) is 14.6. The number of aliphatic carboxylic acids is 1. The second-order valence-electron chi connectivity index (χ2n) is 7.94. The molecule has 2 N–H and O–H groups in total. The fourth-order valence-electron chi connectivity index (χ4n) is 5.32. The van der Waals surface area contributed by atoms with Gasteiger partial charge in [0, 0.05) is 11.0 Å². The molecule has 0 spiro atoms. The van der Waals surface area contributed by atoms with Crippen LogP contribution >= 0.6 is 0 Å². The summed E-state index contributed by atoms with van der Waals surface area (Å²) in [6, 6.07) is 2.00. The van der Waals surface area contributed by atoms with Gasteiger partial charge in [-0.2, -0.15) is 0 Å². The van der Waals surface area contributed by atoms with Gasteiger partial charge in [0.2, 0.25) is 0 Å². The lowest BCUT2D eigenvalue weighted by atomic mass is 9.46. The molecule has 2 aliphatic carbocycles. The molecule has 0 radical (unpaired) electrons. The topological polar surface area (TPSA) is 70.7 Å². The highest BCUT2D eigenvalue weighted by Crippen LogP contribution is 2.61. The van der Waals surface area contributed by atoms with Crippen molar-refractivity contribution in [2.75, 3.05) is 6.61 Å². The van der Waals surface area contributed by atoms with Crippen molar-refractivity contribution in [3.8, 4) is 0 Å². The molecule has 0 aliphatic heterocycles. The Labute approximate surface area is 143 Å². The van der Waals surface area contributed by atoms with Gasteiger partial charge in [0.15, 0.2) is 0 Å². The van der Waals surface area contributed by atoms with Crippen LogP contribution in [0.3, 0.4) is 0 Å². The van der Waals surface area contributed by atoms with Gasteiger partial charge in [-0.05, 0) is 67.4 Å². The molecule has 1 heterocycles. The smallest absolute Gasteiger partial charge is 0.331 e. The van der Waals surface area contributed by atoms with E-state index in [4.69, 9.17) is 4.42 Å². The summed E-state index contributed by atoms with van der Waals surface area (Å²) in [6.45, 7) is 4.52. The standard InChI is InChI=1S/C20H28O4/c1-14-6-10-20(13-21)16(18(22)23)4-3-5-17(20)19(14,2)9-7-15-8-11-24-12-15/h4,8,11-12,14,17,21H,3,5-7,9-10,13H2,1-2H3,(H,22,23)/t14?,17-,19+,20-/m1/s1. The van der Waals surface area contributed by atoms with Crippen LogP contribution in [0.25, 0.3) is 0 Å². The molecule has 4 atom stereocenters. The Morgan fingerprint density at radius 1 is 1.42 bits per heavy atom. The van der Waals surface area contributed by atoms with E-state index in [1.54, 1.807) is 12.5 Å². The van der Waals surface area contributed by atoms with Gasteiger partial charge in [-0.25, -0.2) is 4.79 Å². The molecule has 3 rings (SSSR count). The summed E-state index contributed by atoms with van der Waals surface area (Å²) < 4.78 is 5.18. The predicted molar refractivity (Wildman–Crippen MR) is 91.5 cm³/mol. The zero-order valence-electron chi connectivity index (χ0n) is 14.6. The number of aliphatic hydroxyl groups excluding tert-OH is 1. The first-order valence-electron chi connectivity index (χ1n) is 9.00.